The van der Waals surface area contributed by atoms with Crippen molar-refractivity contribution in [3.05, 3.63) is 47.4 Å². The lowest BCUT2D eigenvalue weighted by Gasteiger charge is -2.32. The molecule has 2 aromatic rings. The molecule has 1 saturated heterocycles. The van der Waals surface area contributed by atoms with Gasteiger partial charge in [-0.3, -0.25) is 9.69 Å². The third-order valence-electron chi connectivity index (χ3n) is 7.39. The van der Waals surface area contributed by atoms with Gasteiger partial charge in [-0.1, -0.05) is 18.2 Å². The van der Waals surface area contributed by atoms with Crippen molar-refractivity contribution in [2.24, 2.45) is 0 Å². The zero-order valence-corrected chi connectivity index (χ0v) is 22.4. The Morgan fingerprint density at radius 3 is 2.33 bits per heavy atom. The minimum atomic E-state index is -0.424. The van der Waals surface area contributed by atoms with E-state index in [2.05, 4.69) is 29.0 Å². The Kier molecular flexibility index (Phi) is 7.66. The quantitative estimate of drug-likeness (QED) is 0.438. The van der Waals surface area contributed by atoms with Gasteiger partial charge in [-0.2, -0.15) is 0 Å². The van der Waals surface area contributed by atoms with Gasteiger partial charge in [0.25, 0.3) is 0 Å². The van der Waals surface area contributed by atoms with Crippen LogP contribution in [0.4, 0.5) is 11.5 Å². The molecular weight excluding hydrogens is 455 g/mol. The molecule has 1 fully saturated rings. The number of rotatable bonds is 8. The van der Waals surface area contributed by atoms with Crippen LogP contribution < -0.4 is 10.8 Å². The number of carbonyl (C=O) groups is 1. The SMILES string of the molecule is CC(C)N(C)Cc1c(C=O)nc(C2=CCOCC2)nc1Nc1ccc(B2OC(C)(C)C(C)(C)O2)cc1. The molecule has 0 saturated carbocycles. The Morgan fingerprint density at radius 2 is 1.78 bits per heavy atom. The fourth-order valence-corrected chi connectivity index (χ4v) is 4.00. The molecule has 0 aliphatic carbocycles. The molecule has 0 spiro atoms. The van der Waals surface area contributed by atoms with Gasteiger partial charge in [-0.15, -0.1) is 0 Å². The van der Waals surface area contributed by atoms with Gasteiger partial charge in [0, 0.05) is 23.8 Å². The Balaban J connectivity index is 1.65. The summed E-state index contributed by atoms with van der Waals surface area (Å²) in [4.78, 5) is 23.8. The number of anilines is 2. The van der Waals surface area contributed by atoms with Gasteiger partial charge < -0.3 is 19.4 Å². The van der Waals surface area contributed by atoms with Gasteiger partial charge in [-0.05, 0) is 78.2 Å². The van der Waals surface area contributed by atoms with Gasteiger partial charge in [0.1, 0.15) is 11.5 Å². The van der Waals surface area contributed by atoms with E-state index < -0.39 is 18.3 Å². The molecule has 1 N–H and O–H groups in total. The molecule has 1 aromatic heterocycles. The lowest BCUT2D eigenvalue weighted by atomic mass is 9.79. The highest BCUT2D eigenvalue weighted by atomic mass is 16.7. The van der Waals surface area contributed by atoms with E-state index in [0.29, 0.717) is 49.6 Å². The molecule has 0 radical (unpaired) electrons. The number of hydrogen-bond acceptors (Lipinski definition) is 8. The smallest absolute Gasteiger partial charge is 0.399 e. The summed E-state index contributed by atoms with van der Waals surface area (Å²) >= 11 is 0. The number of carbonyl (C=O) groups excluding carboxylic acids is 1. The van der Waals surface area contributed by atoms with E-state index in [1.807, 2.05) is 65.1 Å². The van der Waals surface area contributed by atoms with Crippen molar-refractivity contribution in [3.63, 3.8) is 0 Å². The molecular formula is C27H37BN4O4. The molecule has 0 bridgehead atoms. The first-order valence-electron chi connectivity index (χ1n) is 12.6. The predicted octanol–water partition coefficient (Wildman–Crippen LogP) is 3.98. The largest absolute Gasteiger partial charge is 0.494 e. The maximum absolute atomic E-state index is 12.1. The minimum absolute atomic E-state index is 0.300. The van der Waals surface area contributed by atoms with Gasteiger partial charge in [0.2, 0.25) is 0 Å². The average molecular weight is 492 g/mol. The van der Waals surface area contributed by atoms with Crippen LogP contribution in [-0.4, -0.2) is 65.8 Å². The molecule has 1 aromatic carbocycles. The lowest BCUT2D eigenvalue weighted by molar-refractivity contribution is 0.00578. The Labute approximate surface area is 214 Å². The number of aromatic nitrogens is 2. The average Bonchev–Trinajstić information content (AvgIpc) is 3.07. The summed E-state index contributed by atoms with van der Waals surface area (Å²) in [6.07, 6.45) is 3.52. The maximum Gasteiger partial charge on any atom is 0.494 e. The van der Waals surface area contributed by atoms with Crippen LogP contribution in [-0.2, 0) is 20.6 Å². The second-order valence-corrected chi connectivity index (χ2v) is 10.8. The summed E-state index contributed by atoms with van der Waals surface area (Å²) in [6, 6.07) is 8.25. The Hall–Kier alpha value is -2.59. The van der Waals surface area contributed by atoms with Gasteiger partial charge in [0.05, 0.1) is 24.4 Å². The fraction of sp³-hybridized carbons (Fsp3) is 0.519. The first kappa shape index (κ1) is 26.5. The van der Waals surface area contributed by atoms with Crippen molar-refractivity contribution in [3.8, 4) is 0 Å². The van der Waals surface area contributed by atoms with Crippen molar-refractivity contribution in [1.82, 2.24) is 14.9 Å². The summed E-state index contributed by atoms with van der Waals surface area (Å²) in [7, 11) is 1.60. The van der Waals surface area contributed by atoms with E-state index in [4.69, 9.17) is 19.0 Å². The normalized spacial score (nSPS) is 19.0. The van der Waals surface area contributed by atoms with Gasteiger partial charge in [-0.25, -0.2) is 9.97 Å². The molecule has 8 nitrogen and oxygen atoms in total. The van der Waals surface area contributed by atoms with Crippen LogP contribution in [0.5, 0.6) is 0 Å². The summed E-state index contributed by atoms with van der Waals surface area (Å²) in [5, 5.41) is 3.44. The molecule has 36 heavy (non-hydrogen) atoms. The van der Waals surface area contributed by atoms with Crippen LogP contribution in [0.3, 0.4) is 0 Å². The van der Waals surface area contributed by atoms with Crippen LogP contribution in [0.25, 0.3) is 5.57 Å². The van der Waals surface area contributed by atoms with Crippen LogP contribution in [0, 0.1) is 0 Å². The highest BCUT2D eigenvalue weighted by Gasteiger charge is 2.51. The third-order valence-corrected chi connectivity index (χ3v) is 7.39. The van der Waals surface area contributed by atoms with E-state index in [9.17, 15) is 4.79 Å². The number of ether oxygens (including phenoxy) is 1. The fourth-order valence-electron chi connectivity index (χ4n) is 4.00. The lowest BCUT2D eigenvalue weighted by Crippen LogP contribution is -2.41. The van der Waals surface area contributed by atoms with Crippen LogP contribution in [0.1, 0.15) is 69.8 Å². The first-order valence-corrected chi connectivity index (χ1v) is 12.6. The minimum Gasteiger partial charge on any atom is -0.399 e. The summed E-state index contributed by atoms with van der Waals surface area (Å²) in [6.45, 7) is 14.1. The molecule has 0 atom stereocenters. The second kappa shape index (κ2) is 10.4. The molecule has 9 heteroatoms. The number of benzene rings is 1. The molecule has 0 amide bonds. The number of aldehydes is 1. The van der Waals surface area contributed by atoms with Crippen molar-refractivity contribution < 1.29 is 18.8 Å². The first-order chi connectivity index (χ1) is 17.0. The van der Waals surface area contributed by atoms with Crippen molar-refractivity contribution in [2.45, 2.75) is 71.8 Å². The van der Waals surface area contributed by atoms with E-state index >= 15 is 0 Å². The highest BCUT2D eigenvalue weighted by molar-refractivity contribution is 6.62. The third kappa shape index (κ3) is 5.54. The molecule has 0 unspecified atom stereocenters. The van der Waals surface area contributed by atoms with Crippen molar-refractivity contribution >= 4 is 35.9 Å². The zero-order chi connectivity index (χ0) is 26.1. The molecule has 3 heterocycles. The molecule has 2 aliphatic heterocycles. The van der Waals surface area contributed by atoms with Crippen LogP contribution in [0.2, 0.25) is 0 Å². The number of nitrogens with one attached hydrogen (secondary N) is 1. The standard InChI is InChI=1S/C27H37BN4O4/c1-18(2)32(7)16-22-23(17-33)30-24(19-12-14-34-15-13-19)31-25(22)29-21-10-8-20(9-11-21)28-35-26(3,4)27(5,6)36-28/h8-12,17-18H,13-16H2,1-7H3,(H,29,30,31). The van der Waals surface area contributed by atoms with Crippen molar-refractivity contribution in [1.29, 1.82) is 0 Å². The Morgan fingerprint density at radius 1 is 1.11 bits per heavy atom. The zero-order valence-electron chi connectivity index (χ0n) is 22.4. The van der Waals surface area contributed by atoms with E-state index in [-0.39, 0.29) is 0 Å². The predicted molar refractivity (Wildman–Crippen MR) is 143 cm³/mol. The maximum atomic E-state index is 12.1. The number of nitrogens with zero attached hydrogens (tertiary/aromatic N) is 3. The van der Waals surface area contributed by atoms with Crippen LogP contribution >= 0.6 is 0 Å². The Bertz CT molecular complexity index is 1120. The molecule has 2 aliphatic rings. The second-order valence-electron chi connectivity index (χ2n) is 10.8. The monoisotopic (exact) mass is 492 g/mol. The van der Waals surface area contributed by atoms with Crippen molar-refractivity contribution in [2.75, 3.05) is 25.6 Å². The highest BCUT2D eigenvalue weighted by Crippen LogP contribution is 2.36. The summed E-state index contributed by atoms with van der Waals surface area (Å²) in [5.41, 5.74) is 3.17. The summed E-state index contributed by atoms with van der Waals surface area (Å²) < 4.78 is 17.8. The van der Waals surface area contributed by atoms with E-state index in [1.165, 1.54) is 0 Å². The van der Waals surface area contributed by atoms with Crippen LogP contribution in [0.15, 0.2) is 30.3 Å². The van der Waals surface area contributed by atoms with Gasteiger partial charge in [0.15, 0.2) is 12.1 Å². The van der Waals surface area contributed by atoms with E-state index in [1.54, 1.807) is 0 Å². The molecule has 4 rings (SSSR count). The molecule has 192 valence electrons. The number of hydrogen-bond donors (Lipinski definition) is 1. The van der Waals surface area contributed by atoms with E-state index in [0.717, 1.165) is 28.6 Å². The van der Waals surface area contributed by atoms with Gasteiger partial charge >= 0.3 is 7.12 Å². The summed E-state index contributed by atoms with van der Waals surface area (Å²) in [5.74, 6) is 1.19. The topological polar surface area (TPSA) is 85.8 Å².